The van der Waals surface area contributed by atoms with Gasteiger partial charge in [0.05, 0.1) is 29.3 Å². The first-order valence-corrected chi connectivity index (χ1v) is 11.0. The molecule has 0 bridgehead atoms. The molecule has 0 radical (unpaired) electrons. The number of carbonyl (C=O) groups is 2. The van der Waals surface area contributed by atoms with Crippen LogP contribution in [0.2, 0.25) is 0 Å². The Kier molecular flexibility index (Phi) is 5.28. The van der Waals surface area contributed by atoms with E-state index in [2.05, 4.69) is 19.5 Å². The van der Waals surface area contributed by atoms with Gasteiger partial charge in [-0.1, -0.05) is 0 Å². The zero-order valence-electron chi connectivity index (χ0n) is 17.6. The Balaban J connectivity index is 1.47. The average Bonchev–Trinajstić information content (AvgIpc) is 3.38. The maximum Gasteiger partial charge on any atom is 0.220 e. The minimum atomic E-state index is -0.408. The summed E-state index contributed by atoms with van der Waals surface area (Å²) in [7, 11) is 0. The third-order valence-electron chi connectivity index (χ3n) is 6.75. The summed E-state index contributed by atoms with van der Waals surface area (Å²) in [4.78, 5) is 37.5. The number of rotatable bonds is 4. The van der Waals surface area contributed by atoms with Crippen molar-refractivity contribution in [3.8, 4) is 22.6 Å². The molecule has 5 rings (SSSR count). The SMILES string of the molecule is Nc1nccc(-c2c(-c3ccc(F)cc3)ncn2C2CCC(C3C(=O)CCC3=O)CC2)n1. The van der Waals surface area contributed by atoms with E-state index >= 15 is 0 Å². The van der Waals surface area contributed by atoms with E-state index in [1.807, 2.05) is 0 Å². The van der Waals surface area contributed by atoms with Crippen LogP contribution in [0.1, 0.15) is 44.6 Å². The molecule has 2 aliphatic carbocycles. The maximum atomic E-state index is 13.5. The number of nitrogens with two attached hydrogens (primary N) is 1. The molecule has 0 spiro atoms. The fourth-order valence-corrected chi connectivity index (χ4v) is 5.19. The molecule has 32 heavy (non-hydrogen) atoms. The molecule has 8 heteroatoms. The predicted molar refractivity (Wildman–Crippen MR) is 117 cm³/mol. The summed E-state index contributed by atoms with van der Waals surface area (Å²) in [6, 6.07) is 8.17. The molecule has 3 aromatic rings. The van der Waals surface area contributed by atoms with Crippen molar-refractivity contribution in [2.24, 2.45) is 11.8 Å². The fraction of sp³-hybridized carbons (Fsp3) is 0.375. The summed E-state index contributed by atoms with van der Waals surface area (Å²) >= 11 is 0. The summed E-state index contributed by atoms with van der Waals surface area (Å²) < 4.78 is 15.6. The van der Waals surface area contributed by atoms with Crippen molar-refractivity contribution in [3.63, 3.8) is 0 Å². The molecule has 2 heterocycles. The van der Waals surface area contributed by atoms with E-state index in [-0.39, 0.29) is 35.3 Å². The van der Waals surface area contributed by atoms with Gasteiger partial charge in [-0.25, -0.2) is 19.3 Å². The zero-order chi connectivity index (χ0) is 22.2. The number of anilines is 1. The Morgan fingerprint density at radius 1 is 0.938 bits per heavy atom. The quantitative estimate of drug-likeness (QED) is 0.624. The van der Waals surface area contributed by atoms with Gasteiger partial charge in [0.1, 0.15) is 17.4 Å². The summed E-state index contributed by atoms with van der Waals surface area (Å²) in [5.41, 5.74) is 8.79. The van der Waals surface area contributed by atoms with Gasteiger partial charge in [0.15, 0.2) is 0 Å². The highest BCUT2D eigenvalue weighted by atomic mass is 19.1. The van der Waals surface area contributed by atoms with Crippen molar-refractivity contribution in [1.82, 2.24) is 19.5 Å². The zero-order valence-corrected chi connectivity index (χ0v) is 17.6. The van der Waals surface area contributed by atoms with Gasteiger partial charge in [-0.05, 0) is 61.9 Å². The third-order valence-corrected chi connectivity index (χ3v) is 6.75. The molecule has 2 fully saturated rings. The van der Waals surface area contributed by atoms with Crippen LogP contribution in [0.3, 0.4) is 0 Å². The number of hydrogen-bond donors (Lipinski definition) is 1. The Bertz CT molecular complexity index is 1150. The number of nitrogens with zero attached hydrogens (tertiary/aromatic N) is 4. The van der Waals surface area contributed by atoms with Gasteiger partial charge in [-0.3, -0.25) is 9.59 Å². The fourth-order valence-electron chi connectivity index (χ4n) is 5.19. The normalized spacial score (nSPS) is 21.9. The molecule has 2 aromatic heterocycles. The van der Waals surface area contributed by atoms with Gasteiger partial charge in [-0.2, -0.15) is 0 Å². The molecule has 0 saturated heterocycles. The Morgan fingerprint density at radius 3 is 2.28 bits per heavy atom. The monoisotopic (exact) mass is 433 g/mol. The highest BCUT2D eigenvalue weighted by molar-refractivity contribution is 6.08. The highest BCUT2D eigenvalue weighted by Crippen LogP contribution is 2.42. The number of imidazole rings is 1. The highest BCUT2D eigenvalue weighted by Gasteiger charge is 2.40. The van der Waals surface area contributed by atoms with E-state index in [9.17, 15) is 14.0 Å². The largest absolute Gasteiger partial charge is 0.368 e. The second-order valence-electron chi connectivity index (χ2n) is 8.63. The molecular formula is C24H24FN5O2. The number of Topliss-reactive ketones (excluding diaryl/α,β-unsaturated/α-hetero) is 2. The smallest absolute Gasteiger partial charge is 0.220 e. The van der Waals surface area contributed by atoms with Crippen molar-refractivity contribution in [2.45, 2.75) is 44.6 Å². The molecule has 7 nitrogen and oxygen atoms in total. The lowest BCUT2D eigenvalue weighted by atomic mass is 9.76. The lowest BCUT2D eigenvalue weighted by molar-refractivity contribution is -0.129. The van der Waals surface area contributed by atoms with Crippen LogP contribution in [0.4, 0.5) is 10.3 Å². The average molecular weight is 433 g/mol. The van der Waals surface area contributed by atoms with Gasteiger partial charge < -0.3 is 10.3 Å². The molecule has 2 saturated carbocycles. The number of carbonyl (C=O) groups excluding carboxylic acids is 2. The Morgan fingerprint density at radius 2 is 1.62 bits per heavy atom. The Labute approximate surface area is 184 Å². The number of hydrogen-bond acceptors (Lipinski definition) is 6. The second kappa shape index (κ2) is 8.26. The lowest BCUT2D eigenvalue weighted by Crippen LogP contribution is -2.29. The summed E-state index contributed by atoms with van der Waals surface area (Å²) in [6.45, 7) is 0. The van der Waals surface area contributed by atoms with E-state index in [1.54, 1.807) is 30.7 Å². The Hall–Kier alpha value is -3.42. The van der Waals surface area contributed by atoms with Crippen molar-refractivity contribution < 1.29 is 14.0 Å². The lowest BCUT2D eigenvalue weighted by Gasteiger charge is -2.32. The van der Waals surface area contributed by atoms with E-state index in [0.29, 0.717) is 24.2 Å². The van der Waals surface area contributed by atoms with E-state index in [4.69, 9.17) is 5.73 Å². The number of aromatic nitrogens is 4. The third kappa shape index (κ3) is 3.70. The standard InChI is InChI=1S/C24H24FN5O2/c25-16-5-1-15(2-6-16)22-23(18-11-12-27-24(26)29-18)30(13-28-22)17-7-3-14(4-8-17)21-19(31)9-10-20(21)32/h1-2,5-6,11-14,17,21H,3-4,7-10H2,(H2,26,27,29). The van der Waals surface area contributed by atoms with E-state index in [1.165, 1.54) is 12.1 Å². The van der Waals surface area contributed by atoms with Crippen LogP contribution in [0, 0.1) is 17.7 Å². The molecule has 0 unspecified atom stereocenters. The summed E-state index contributed by atoms with van der Waals surface area (Å²) in [5, 5.41) is 0. The van der Waals surface area contributed by atoms with Crippen LogP contribution in [-0.2, 0) is 9.59 Å². The number of benzene rings is 1. The van der Waals surface area contributed by atoms with Crippen molar-refractivity contribution >= 4 is 17.5 Å². The van der Waals surface area contributed by atoms with Crippen LogP contribution >= 0.6 is 0 Å². The van der Waals surface area contributed by atoms with Crippen LogP contribution in [0.25, 0.3) is 22.6 Å². The van der Waals surface area contributed by atoms with E-state index < -0.39 is 5.92 Å². The number of halogens is 1. The van der Waals surface area contributed by atoms with Crippen LogP contribution in [-0.4, -0.2) is 31.1 Å². The second-order valence-corrected chi connectivity index (χ2v) is 8.63. The number of nitrogen functional groups attached to an aromatic ring is 1. The molecule has 1 aromatic carbocycles. The first-order valence-electron chi connectivity index (χ1n) is 11.0. The molecule has 2 N–H and O–H groups in total. The van der Waals surface area contributed by atoms with Gasteiger partial charge >= 0.3 is 0 Å². The van der Waals surface area contributed by atoms with E-state index in [0.717, 1.165) is 36.9 Å². The van der Waals surface area contributed by atoms with Crippen molar-refractivity contribution in [3.05, 3.63) is 48.7 Å². The van der Waals surface area contributed by atoms with Crippen LogP contribution < -0.4 is 5.73 Å². The van der Waals surface area contributed by atoms with Gasteiger partial charge in [-0.15, -0.1) is 0 Å². The minimum Gasteiger partial charge on any atom is -0.368 e. The molecule has 0 atom stereocenters. The van der Waals surface area contributed by atoms with Gasteiger partial charge in [0, 0.05) is 30.6 Å². The van der Waals surface area contributed by atoms with Crippen LogP contribution in [0.15, 0.2) is 42.9 Å². The summed E-state index contributed by atoms with van der Waals surface area (Å²) in [6.07, 6.45) is 7.52. The first-order chi connectivity index (χ1) is 15.5. The maximum absolute atomic E-state index is 13.5. The topological polar surface area (TPSA) is 104 Å². The minimum absolute atomic E-state index is 0.108. The van der Waals surface area contributed by atoms with Gasteiger partial charge in [0.25, 0.3) is 0 Å². The molecule has 2 aliphatic rings. The molecular weight excluding hydrogens is 409 g/mol. The van der Waals surface area contributed by atoms with Crippen molar-refractivity contribution in [2.75, 3.05) is 5.73 Å². The molecule has 164 valence electrons. The van der Waals surface area contributed by atoms with Crippen molar-refractivity contribution in [1.29, 1.82) is 0 Å². The summed E-state index contributed by atoms with van der Waals surface area (Å²) in [5.74, 6) is -0.201. The molecule has 0 aliphatic heterocycles. The first kappa shape index (κ1) is 20.5. The molecule has 0 amide bonds. The number of ketones is 2. The predicted octanol–water partition coefficient (Wildman–Crippen LogP) is 4.01. The van der Waals surface area contributed by atoms with Crippen LogP contribution in [0.5, 0.6) is 0 Å². The van der Waals surface area contributed by atoms with Gasteiger partial charge in [0.2, 0.25) is 5.95 Å².